The Labute approximate surface area is 181 Å². The number of rotatable bonds is 6. The number of nitrogens with one attached hydrogen (secondary N) is 2. The molecule has 1 aliphatic carbocycles. The van der Waals surface area contributed by atoms with Crippen LogP contribution in [0.4, 0.5) is 17.5 Å². The van der Waals surface area contributed by atoms with E-state index in [1.807, 2.05) is 42.1 Å². The number of aryl methyl sites for hydroxylation is 1. The summed E-state index contributed by atoms with van der Waals surface area (Å²) in [5.74, 6) is 1.47. The topological polar surface area (TPSA) is 137 Å². The fourth-order valence-electron chi connectivity index (χ4n) is 4.07. The van der Waals surface area contributed by atoms with E-state index < -0.39 is 5.91 Å². The first kappa shape index (κ1) is 20.8. The second-order valence-corrected chi connectivity index (χ2v) is 8.13. The zero-order valence-corrected chi connectivity index (χ0v) is 17.7. The van der Waals surface area contributed by atoms with E-state index in [4.69, 9.17) is 11.5 Å². The Morgan fingerprint density at radius 3 is 2.61 bits per heavy atom. The zero-order chi connectivity index (χ0) is 22.0. The molecule has 1 unspecified atom stereocenters. The molecule has 3 aromatic rings. The standard InChI is InChI=1S/C22H28N8O/c1-13-4-3-5-17(23)18(13)28-22-26-12-16(19(24)31)20(29-22)27-15-8-6-14(7-9-15)21-25-10-11-30(21)2/h6-13,17-18H,3-5,23H2,1-2H3,(H2,24,31)(H2,26,27,28,29)/t13?,17-,18+/m0/s1. The third kappa shape index (κ3) is 4.51. The molecule has 3 atom stereocenters. The Morgan fingerprint density at radius 1 is 1.19 bits per heavy atom. The fourth-order valence-corrected chi connectivity index (χ4v) is 4.07. The van der Waals surface area contributed by atoms with Gasteiger partial charge in [0.1, 0.15) is 17.2 Å². The zero-order valence-electron chi connectivity index (χ0n) is 17.7. The van der Waals surface area contributed by atoms with Crippen LogP contribution in [0.3, 0.4) is 0 Å². The number of benzene rings is 1. The van der Waals surface area contributed by atoms with Gasteiger partial charge in [0.05, 0.1) is 0 Å². The lowest BCUT2D eigenvalue weighted by Gasteiger charge is -2.34. The summed E-state index contributed by atoms with van der Waals surface area (Å²) >= 11 is 0. The molecule has 6 N–H and O–H groups in total. The molecule has 0 radical (unpaired) electrons. The minimum Gasteiger partial charge on any atom is -0.365 e. The quantitative estimate of drug-likeness (QED) is 0.481. The fraction of sp³-hybridized carbons (Fsp3) is 0.364. The summed E-state index contributed by atoms with van der Waals surface area (Å²) in [6, 6.07) is 7.85. The van der Waals surface area contributed by atoms with Gasteiger partial charge in [-0.1, -0.05) is 13.3 Å². The van der Waals surface area contributed by atoms with Gasteiger partial charge in [-0.2, -0.15) is 4.98 Å². The Balaban J connectivity index is 1.57. The lowest BCUT2D eigenvalue weighted by Crippen LogP contribution is -2.47. The molecule has 0 aliphatic heterocycles. The van der Waals surface area contributed by atoms with Gasteiger partial charge < -0.3 is 26.7 Å². The van der Waals surface area contributed by atoms with Crippen molar-refractivity contribution < 1.29 is 4.79 Å². The first-order chi connectivity index (χ1) is 14.9. The summed E-state index contributed by atoms with van der Waals surface area (Å²) in [6.45, 7) is 2.18. The minimum absolute atomic E-state index is 0.0400. The highest BCUT2D eigenvalue weighted by Gasteiger charge is 2.29. The predicted octanol–water partition coefficient (Wildman–Crippen LogP) is 2.65. The maximum absolute atomic E-state index is 11.9. The molecular weight excluding hydrogens is 392 g/mol. The second kappa shape index (κ2) is 8.73. The van der Waals surface area contributed by atoms with Crippen LogP contribution in [0.25, 0.3) is 11.4 Å². The Bertz CT molecular complexity index is 1050. The third-order valence-electron chi connectivity index (χ3n) is 5.85. The van der Waals surface area contributed by atoms with E-state index in [0.717, 1.165) is 36.3 Å². The molecule has 0 spiro atoms. The van der Waals surface area contributed by atoms with Crippen molar-refractivity contribution in [3.05, 3.63) is 48.4 Å². The average Bonchev–Trinajstić information content (AvgIpc) is 3.17. The van der Waals surface area contributed by atoms with Gasteiger partial charge in [-0.15, -0.1) is 0 Å². The molecule has 1 amide bonds. The normalized spacial score (nSPS) is 20.9. The lowest BCUT2D eigenvalue weighted by molar-refractivity contribution is 0.100. The van der Waals surface area contributed by atoms with Crippen LogP contribution < -0.4 is 22.1 Å². The summed E-state index contributed by atoms with van der Waals surface area (Å²) in [7, 11) is 1.95. The van der Waals surface area contributed by atoms with Crippen molar-refractivity contribution in [2.24, 2.45) is 24.4 Å². The number of carbonyl (C=O) groups is 1. The van der Waals surface area contributed by atoms with Gasteiger partial charge in [0, 0.05) is 49.0 Å². The van der Waals surface area contributed by atoms with Crippen molar-refractivity contribution in [2.75, 3.05) is 10.6 Å². The summed E-state index contributed by atoms with van der Waals surface area (Å²) in [5.41, 5.74) is 13.8. The number of amides is 1. The number of anilines is 3. The van der Waals surface area contributed by atoms with E-state index in [9.17, 15) is 4.79 Å². The molecule has 2 heterocycles. The Hall–Kier alpha value is -3.46. The molecule has 1 saturated carbocycles. The van der Waals surface area contributed by atoms with Crippen molar-refractivity contribution in [1.82, 2.24) is 19.5 Å². The van der Waals surface area contributed by atoms with Crippen LogP contribution in [0.5, 0.6) is 0 Å². The molecule has 2 aromatic heterocycles. The molecule has 4 rings (SSSR count). The van der Waals surface area contributed by atoms with Crippen molar-refractivity contribution >= 4 is 23.4 Å². The largest absolute Gasteiger partial charge is 0.365 e. The highest BCUT2D eigenvalue weighted by atomic mass is 16.1. The number of nitrogens with two attached hydrogens (primary N) is 2. The average molecular weight is 421 g/mol. The van der Waals surface area contributed by atoms with Gasteiger partial charge in [-0.05, 0) is 43.0 Å². The van der Waals surface area contributed by atoms with E-state index >= 15 is 0 Å². The smallest absolute Gasteiger partial charge is 0.254 e. The van der Waals surface area contributed by atoms with Crippen molar-refractivity contribution in [1.29, 1.82) is 0 Å². The molecule has 162 valence electrons. The SMILES string of the molecule is CC1CCC[C@H](N)[C@@H]1Nc1ncc(C(N)=O)c(Nc2ccc(-c3nccn3C)cc2)n1. The second-order valence-electron chi connectivity index (χ2n) is 8.13. The Kier molecular flexibility index (Phi) is 5.85. The predicted molar refractivity (Wildman–Crippen MR) is 121 cm³/mol. The first-order valence-electron chi connectivity index (χ1n) is 10.5. The molecule has 9 nitrogen and oxygen atoms in total. The van der Waals surface area contributed by atoms with Gasteiger partial charge in [0.2, 0.25) is 5.95 Å². The number of hydrogen-bond donors (Lipinski definition) is 4. The molecule has 1 aromatic carbocycles. The van der Waals surface area contributed by atoms with Gasteiger partial charge >= 0.3 is 0 Å². The number of carbonyl (C=O) groups excluding carboxylic acids is 1. The van der Waals surface area contributed by atoms with Crippen molar-refractivity contribution in [3.8, 4) is 11.4 Å². The van der Waals surface area contributed by atoms with E-state index in [0.29, 0.717) is 17.7 Å². The van der Waals surface area contributed by atoms with E-state index in [1.165, 1.54) is 6.20 Å². The molecule has 9 heteroatoms. The molecule has 1 fully saturated rings. The summed E-state index contributed by atoms with van der Waals surface area (Å²) < 4.78 is 1.95. The third-order valence-corrected chi connectivity index (χ3v) is 5.85. The van der Waals surface area contributed by atoms with Gasteiger partial charge in [-0.25, -0.2) is 9.97 Å². The molecule has 0 saturated heterocycles. The highest BCUT2D eigenvalue weighted by molar-refractivity contribution is 5.98. The van der Waals surface area contributed by atoms with E-state index in [2.05, 4.69) is 32.5 Å². The summed E-state index contributed by atoms with van der Waals surface area (Å²) in [4.78, 5) is 25.1. The number of imidazole rings is 1. The number of primary amides is 1. The van der Waals surface area contributed by atoms with Gasteiger partial charge in [-0.3, -0.25) is 4.79 Å². The van der Waals surface area contributed by atoms with Gasteiger partial charge in [0.15, 0.2) is 0 Å². The summed E-state index contributed by atoms with van der Waals surface area (Å²) in [5, 5.41) is 6.55. The number of nitrogens with zero attached hydrogens (tertiary/aromatic N) is 4. The van der Waals surface area contributed by atoms with Crippen molar-refractivity contribution in [3.63, 3.8) is 0 Å². The Morgan fingerprint density at radius 2 is 1.97 bits per heavy atom. The maximum atomic E-state index is 11.9. The van der Waals surface area contributed by atoms with Crippen LogP contribution in [0.15, 0.2) is 42.9 Å². The number of aromatic nitrogens is 4. The minimum atomic E-state index is -0.596. The van der Waals surface area contributed by atoms with Crippen molar-refractivity contribution in [2.45, 2.75) is 38.3 Å². The van der Waals surface area contributed by atoms with Crippen LogP contribution in [-0.2, 0) is 7.05 Å². The monoisotopic (exact) mass is 420 g/mol. The van der Waals surface area contributed by atoms with Crippen LogP contribution in [0, 0.1) is 5.92 Å². The van der Waals surface area contributed by atoms with Gasteiger partial charge in [0.25, 0.3) is 5.91 Å². The van der Waals surface area contributed by atoms with Crippen LogP contribution in [0.1, 0.15) is 36.5 Å². The highest BCUT2D eigenvalue weighted by Crippen LogP contribution is 2.27. The molecular formula is C22H28N8O. The maximum Gasteiger partial charge on any atom is 0.254 e. The van der Waals surface area contributed by atoms with Crippen LogP contribution >= 0.6 is 0 Å². The lowest BCUT2D eigenvalue weighted by atomic mass is 9.82. The molecule has 0 bridgehead atoms. The molecule has 31 heavy (non-hydrogen) atoms. The number of hydrogen-bond acceptors (Lipinski definition) is 7. The van der Waals surface area contributed by atoms with E-state index in [-0.39, 0.29) is 17.6 Å². The first-order valence-corrected chi connectivity index (χ1v) is 10.5. The van der Waals surface area contributed by atoms with E-state index in [1.54, 1.807) is 6.20 Å². The molecule has 1 aliphatic rings. The van der Waals surface area contributed by atoms with Crippen LogP contribution in [0.2, 0.25) is 0 Å². The van der Waals surface area contributed by atoms with Crippen LogP contribution in [-0.4, -0.2) is 37.5 Å². The summed E-state index contributed by atoms with van der Waals surface area (Å²) in [6.07, 6.45) is 8.31.